The van der Waals surface area contributed by atoms with E-state index in [0.29, 0.717) is 0 Å². The van der Waals surface area contributed by atoms with Gasteiger partial charge < -0.3 is 4.74 Å². The van der Waals surface area contributed by atoms with Gasteiger partial charge in [-0.15, -0.1) is 0 Å². The number of aryl methyl sites for hydroxylation is 1. The second kappa shape index (κ2) is 8.57. The molecule has 0 radical (unpaired) electrons. The average Bonchev–Trinajstić information content (AvgIpc) is 2.59. The lowest BCUT2D eigenvalue weighted by molar-refractivity contribution is -0.150. The van der Waals surface area contributed by atoms with Crippen molar-refractivity contribution in [1.82, 2.24) is 4.72 Å². The van der Waals surface area contributed by atoms with E-state index in [-0.39, 0.29) is 16.4 Å². The number of hydrogen-bond acceptors (Lipinski definition) is 4. The van der Waals surface area contributed by atoms with Gasteiger partial charge >= 0.3 is 5.97 Å². The van der Waals surface area contributed by atoms with Crippen molar-refractivity contribution in [3.63, 3.8) is 0 Å². The summed E-state index contributed by atoms with van der Waals surface area (Å²) < 4.78 is 34.0. The Labute approximate surface area is 163 Å². The molecule has 1 N–H and O–H groups in total. The Balaban J connectivity index is 2.27. The summed E-state index contributed by atoms with van der Waals surface area (Å²) in [5, 5.41) is 0. The van der Waals surface area contributed by atoms with Crippen molar-refractivity contribution in [2.45, 2.75) is 76.3 Å². The number of nitrogens with one attached hydrogen (secondary N) is 1. The number of ether oxygens (including phenoxy) is 1. The molecule has 1 aromatic carbocycles. The van der Waals surface area contributed by atoms with Crippen LogP contribution < -0.4 is 4.72 Å². The highest BCUT2D eigenvalue weighted by Crippen LogP contribution is 2.31. The molecule has 27 heavy (non-hydrogen) atoms. The predicted molar refractivity (Wildman–Crippen MR) is 107 cm³/mol. The highest BCUT2D eigenvalue weighted by atomic mass is 32.2. The Morgan fingerprint density at radius 3 is 2.22 bits per heavy atom. The van der Waals surface area contributed by atoms with E-state index in [0.717, 1.165) is 37.7 Å². The monoisotopic (exact) mass is 393 g/mol. The molecule has 1 aliphatic rings. The third-order valence-electron chi connectivity index (χ3n) is 4.77. The van der Waals surface area contributed by atoms with Crippen LogP contribution in [0.5, 0.6) is 0 Å². The van der Waals surface area contributed by atoms with Gasteiger partial charge in [0.15, 0.2) is 0 Å². The van der Waals surface area contributed by atoms with E-state index in [1.54, 1.807) is 45.0 Å². The maximum absolute atomic E-state index is 12.9. The van der Waals surface area contributed by atoms with E-state index in [4.69, 9.17) is 4.74 Å². The first-order chi connectivity index (χ1) is 12.5. The molecule has 5 nitrogen and oxygen atoms in total. The topological polar surface area (TPSA) is 72.5 Å². The molecule has 0 unspecified atom stereocenters. The maximum Gasteiger partial charge on any atom is 0.335 e. The van der Waals surface area contributed by atoms with Crippen molar-refractivity contribution < 1.29 is 17.9 Å². The molecule has 0 amide bonds. The Kier molecular flexibility index (Phi) is 6.87. The lowest BCUT2D eigenvalue weighted by atomic mass is 9.81. The summed E-state index contributed by atoms with van der Waals surface area (Å²) in [7, 11) is -3.77. The maximum atomic E-state index is 12.9. The normalized spacial score (nSPS) is 17.3. The van der Waals surface area contributed by atoms with Crippen LogP contribution in [0.15, 0.2) is 41.3 Å². The number of sulfonamides is 1. The predicted octanol–water partition coefficient (Wildman–Crippen LogP) is 4.12. The summed E-state index contributed by atoms with van der Waals surface area (Å²) in [4.78, 5) is 12.7. The molecule has 1 saturated carbocycles. The highest BCUT2D eigenvalue weighted by molar-refractivity contribution is 7.89. The molecule has 150 valence electrons. The van der Waals surface area contributed by atoms with Crippen LogP contribution >= 0.6 is 0 Å². The van der Waals surface area contributed by atoms with Gasteiger partial charge in [0.1, 0.15) is 5.60 Å². The van der Waals surface area contributed by atoms with Crippen molar-refractivity contribution in [3.05, 3.63) is 42.0 Å². The molecule has 0 saturated heterocycles. The Morgan fingerprint density at radius 2 is 1.70 bits per heavy atom. The quantitative estimate of drug-likeness (QED) is 0.583. The first-order valence-electron chi connectivity index (χ1n) is 9.51. The lowest BCUT2D eigenvalue weighted by Crippen LogP contribution is -2.45. The van der Waals surface area contributed by atoms with Crippen molar-refractivity contribution in [2.75, 3.05) is 0 Å². The summed E-state index contributed by atoms with van der Waals surface area (Å²) in [6, 6.07) is 6.00. The number of hydrogen-bond donors (Lipinski definition) is 1. The van der Waals surface area contributed by atoms with Gasteiger partial charge in [-0.1, -0.05) is 43.5 Å². The van der Waals surface area contributed by atoms with E-state index < -0.39 is 27.6 Å². The molecule has 1 atom stereocenters. The van der Waals surface area contributed by atoms with Crippen LogP contribution in [0.4, 0.5) is 0 Å². The minimum atomic E-state index is -3.77. The zero-order valence-corrected chi connectivity index (χ0v) is 17.6. The van der Waals surface area contributed by atoms with Crippen molar-refractivity contribution in [2.24, 2.45) is 5.92 Å². The van der Waals surface area contributed by atoms with Crippen LogP contribution in [-0.2, 0) is 19.6 Å². The summed E-state index contributed by atoms with van der Waals surface area (Å²) in [6.07, 6.45) is 4.91. The van der Waals surface area contributed by atoms with E-state index in [9.17, 15) is 13.2 Å². The van der Waals surface area contributed by atoms with Crippen molar-refractivity contribution in [1.29, 1.82) is 0 Å². The van der Waals surface area contributed by atoms with Crippen molar-refractivity contribution >= 4 is 16.0 Å². The summed E-state index contributed by atoms with van der Waals surface area (Å²) in [5.74, 6) is -0.510. The highest BCUT2D eigenvalue weighted by Gasteiger charge is 2.34. The minimum absolute atomic E-state index is 0.0407. The van der Waals surface area contributed by atoms with E-state index >= 15 is 0 Å². The van der Waals surface area contributed by atoms with E-state index in [1.165, 1.54) is 0 Å². The molecular weight excluding hydrogens is 362 g/mol. The third-order valence-corrected chi connectivity index (χ3v) is 6.23. The number of carbonyl (C=O) groups is 1. The molecule has 0 spiro atoms. The number of rotatable bonds is 6. The number of esters is 1. The van der Waals surface area contributed by atoms with Gasteiger partial charge in [0, 0.05) is 5.57 Å². The van der Waals surface area contributed by atoms with Gasteiger partial charge in [-0.2, -0.15) is 0 Å². The molecule has 1 aliphatic carbocycles. The molecule has 0 aromatic heterocycles. The second-order valence-electron chi connectivity index (χ2n) is 8.34. The summed E-state index contributed by atoms with van der Waals surface area (Å²) in [6.45, 7) is 11.2. The largest absolute Gasteiger partial charge is 0.457 e. The molecule has 0 heterocycles. The molecule has 6 heteroatoms. The fourth-order valence-electron chi connectivity index (χ4n) is 3.34. The van der Waals surface area contributed by atoms with Crippen molar-refractivity contribution in [3.8, 4) is 0 Å². The third kappa shape index (κ3) is 6.18. The smallest absolute Gasteiger partial charge is 0.335 e. The van der Waals surface area contributed by atoms with Crippen LogP contribution in [0.2, 0.25) is 0 Å². The SMILES string of the molecule is C=C(C(=O)OC(C)(C)C)[C@@H](NS(=O)(=O)c1ccc(C)cc1)C1CCCCC1. The van der Waals surface area contributed by atoms with Crippen LogP contribution in [0.1, 0.15) is 58.4 Å². The van der Waals surface area contributed by atoms with E-state index in [2.05, 4.69) is 11.3 Å². The first-order valence-corrected chi connectivity index (χ1v) is 11.0. The fraction of sp³-hybridized carbons (Fsp3) is 0.571. The first kappa shape index (κ1) is 21.6. The molecule has 0 bridgehead atoms. The van der Waals surface area contributed by atoms with Gasteiger partial charge in [-0.05, 0) is 58.6 Å². The number of carbonyl (C=O) groups excluding carboxylic acids is 1. The zero-order chi connectivity index (χ0) is 20.2. The minimum Gasteiger partial charge on any atom is -0.457 e. The van der Waals surface area contributed by atoms with Gasteiger partial charge in [-0.3, -0.25) is 0 Å². The summed E-state index contributed by atoms with van der Waals surface area (Å²) >= 11 is 0. The molecular formula is C21H31NO4S. The van der Waals surface area contributed by atoms with Crippen LogP contribution in [0, 0.1) is 12.8 Å². The molecule has 2 rings (SSSR count). The van der Waals surface area contributed by atoms with Gasteiger partial charge in [-0.25, -0.2) is 17.9 Å². The standard InChI is InChI=1S/C21H31NO4S/c1-15-11-13-18(14-12-15)27(24,25)22-19(17-9-7-6-8-10-17)16(2)20(23)26-21(3,4)5/h11-14,17,19,22H,2,6-10H2,1,3-5H3/t19-/m1/s1. The Morgan fingerprint density at radius 1 is 1.15 bits per heavy atom. The molecule has 1 fully saturated rings. The zero-order valence-electron chi connectivity index (χ0n) is 16.7. The number of benzene rings is 1. The lowest BCUT2D eigenvalue weighted by Gasteiger charge is -2.32. The van der Waals surface area contributed by atoms with Gasteiger partial charge in [0.2, 0.25) is 10.0 Å². The summed E-state index contributed by atoms with van der Waals surface area (Å²) in [5.41, 5.74) is 0.496. The molecule has 1 aromatic rings. The second-order valence-corrected chi connectivity index (χ2v) is 10.1. The Hall–Kier alpha value is -1.66. The van der Waals surface area contributed by atoms with Gasteiger partial charge in [0.05, 0.1) is 10.9 Å². The Bertz CT molecular complexity index is 769. The molecule has 0 aliphatic heterocycles. The fourth-order valence-corrected chi connectivity index (χ4v) is 4.64. The van der Waals surface area contributed by atoms with Gasteiger partial charge in [0.25, 0.3) is 0 Å². The van der Waals surface area contributed by atoms with Crippen LogP contribution in [0.3, 0.4) is 0 Å². The van der Waals surface area contributed by atoms with Crippen LogP contribution in [-0.4, -0.2) is 26.0 Å². The van der Waals surface area contributed by atoms with E-state index in [1.807, 2.05) is 6.92 Å². The average molecular weight is 394 g/mol. The van der Waals surface area contributed by atoms with Crippen LogP contribution in [0.25, 0.3) is 0 Å².